The summed E-state index contributed by atoms with van der Waals surface area (Å²) in [6.07, 6.45) is 3.32. The summed E-state index contributed by atoms with van der Waals surface area (Å²) < 4.78 is 0. The first-order valence-electron chi connectivity index (χ1n) is 3.57. The van der Waals surface area contributed by atoms with Crippen LogP contribution >= 0.6 is 0 Å². The summed E-state index contributed by atoms with van der Waals surface area (Å²) in [5, 5.41) is 3.14. The molecule has 0 bridgehead atoms. The van der Waals surface area contributed by atoms with Crippen molar-refractivity contribution in [2.45, 2.75) is 25.8 Å². The molecule has 9 heavy (non-hydrogen) atoms. The van der Waals surface area contributed by atoms with Crippen LogP contribution in [0.4, 0.5) is 0 Å². The largest absolute Gasteiger partial charge is 0.307 e. The van der Waals surface area contributed by atoms with Crippen molar-refractivity contribution in [2.24, 2.45) is 5.92 Å². The number of hydrogen-bond acceptors (Lipinski definition) is 2. The quantitative estimate of drug-likeness (QED) is 0.549. The molecule has 0 aliphatic carbocycles. The first kappa shape index (κ1) is 6.75. The highest BCUT2D eigenvalue weighted by Gasteiger charge is 2.23. The minimum atomic E-state index is 0.148. The van der Waals surface area contributed by atoms with Gasteiger partial charge in [0.25, 0.3) is 0 Å². The average Bonchev–Trinajstić information content (AvgIpc) is 2.33. The van der Waals surface area contributed by atoms with Crippen LogP contribution in [0.25, 0.3) is 0 Å². The molecular weight excluding hydrogens is 114 g/mol. The molecule has 2 heteroatoms. The fourth-order valence-corrected chi connectivity index (χ4v) is 1.40. The first-order chi connectivity index (χ1) is 4.38. The smallest absolute Gasteiger partial charge is 0.137 e. The second-order valence-corrected chi connectivity index (χ2v) is 2.57. The monoisotopic (exact) mass is 127 g/mol. The maximum atomic E-state index is 10.3. The Bertz CT molecular complexity index is 103. The van der Waals surface area contributed by atoms with Gasteiger partial charge < -0.3 is 10.1 Å². The van der Waals surface area contributed by atoms with Crippen molar-refractivity contribution in [2.75, 3.05) is 6.54 Å². The van der Waals surface area contributed by atoms with Crippen LogP contribution in [-0.4, -0.2) is 18.9 Å². The predicted molar refractivity (Wildman–Crippen MR) is 36.3 cm³/mol. The van der Waals surface area contributed by atoms with Crippen molar-refractivity contribution in [3.8, 4) is 0 Å². The fraction of sp³-hybridized carbons (Fsp3) is 0.857. The van der Waals surface area contributed by atoms with Gasteiger partial charge in [-0.3, -0.25) is 0 Å². The summed E-state index contributed by atoms with van der Waals surface area (Å²) in [5.41, 5.74) is 0. The van der Waals surface area contributed by atoms with Crippen molar-refractivity contribution in [1.82, 2.24) is 5.32 Å². The van der Waals surface area contributed by atoms with Gasteiger partial charge in [-0.15, -0.1) is 0 Å². The number of nitrogens with one attached hydrogen (secondary N) is 1. The molecule has 1 fully saturated rings. The predicted octanol–water partition coefficient (Wildman–Crippen LogP) is 0.573. The van der Waals surface area contributed by atoms with Crippen LogP contribution in [-0.2, 0) is 4.79 Å². The fourth-order valence-electron chi connectivity index (χ4n) is 1.40. The summed E-state index contributed by atoms with van der Waals surface area (Å²) in [6.45, 7) is 3.15. The molecule has 0 aromatic rings. The summed E-state index contributed by atoms with van der Waals surface area (Å²) in [5.74, 6) is 0.600. The molecule has 1 heterocycles. The zero-order valence-electron chi connectivity index (χ0n) is 5.76. The van der Waals surface area contributed by atoms with E-state index in [0.29, 0.717) is 5.92 Å². The van der Waals surface area contributed by atoms with Gasteiger partial charge in [-0.1, -0.05) is 13.3 Å². The van der Waals surface area contributed by atoms with Gasteiger partial charge in [0.1, 0.15) is 6.29 Å². The highest BCUT2D eigenvalue weighted by atomic mass is 16.1. The van der Waals surface area contributed by atoms with E-state index in [9.17, 15) is 4.79 Å². The lowest BCUT2D eigenvalue weighted by molar-refractivity contribution is -0.110. The van der Waals surface area contributed by atoms with E-state index in [1.165, 1.54) is 6.42 Å². The van der Waals surface area contributed by atoms with E-state index in [0.717, 1.165) is 19.3 Å². The van der Waals surface area contributed by atoms with Crippen molar-refractivity contribution >= 4 is 6.29 Å². The molecule has 0 radical (unpaired) electrons. The van der Waals surface area contributed by atoms with Gasteiger partial charge in [0.05, 0.1) is 6.04 Å². The second kappa shape index (κ2) is 2.97. The Morgan fingerprint density at radius 1 is 1.78 bits per heavy atom. The molecule has 1 aliphatic rings. The number of carbonyl (C=O) groups is 1. The molecule has 2 nitrogen and oxygen atoms in total. The lowest BCUT2D eigenvalue weighted by Gasteiger charge is -2.09. The van der Waals surface area contributed by atoms with E-state index in [4.69, 9.17) is 0 Å². The molecule has 0 saturated carbocycles. The second-order valence-electron chi connectivity index (χ2n) is 2.57. The number of aldehydes is 1. The van der Waals surface area contributed by atoms with Crippen LogP contribution in [0.5, 0.6) is 0 Å². The van der Waals surface area contributed by atoms with E-state index in [1.54, 1.807) is 0 Å². The van der Waals surface area contributed by atoms with Crippen LogP contribution in [0.3, 0.4) is 0 Å². The summed E-state index contributed by atoms with van der Waals surface area (Å²) >= 11 is 0. The van der Waals surface area contributed by atoms with E-state index in [-0.39, 0.29) is 6.04 Å². The Labute approximate surface area is 55.6 Å². The van der Waals surface area contributed by atoms with Crippen LogP contribution in [0.2, 0.25) is 0 Å². The normalized spacial score (nSPS) is 34.8. The molecule has 0 aromatic carbocycles. The van der Waals surface area contributed by atoms with E-state index in [2.05, 4.69) is 12.2 Å². The Kier molecular flexibility index (Phi) is 2.22. The Morgan fingerprint density at radius 3 is 3.00 bits per heavy atom. The van der Waals surface area contributed by atoms with Crippen molar-refractivity contribution in [3.05, 3.63) is 0 Å². The van der Waals surface area contributed by atoms with Crippen molar-refractivity contribution in [3.63, 3.8) is 0 Å². The third kappa shape index (κ3) is 1.30. The SMILES string of the molecule is CCC1CCN[C@H]1C=O. The molecule has 52 valence electrons. The molecule has 0 spiro atoms. The van der Waals surface area contributed by atoms with Crippen LogP contribution in [0.15, 0.2) is 0 Å². The van der Waals surface area contributed by atoms with Crippen LogP contribution < -0.4 is 5.32 Å². The van der Waals surface area contributed by atoms with Gasteiger partial charge in [0, 0.05) is 0 Å². The van der Waals surface area contributed by atoms with Gasteiger partial charge in [-0.05, 0) is 18.9 Å². The van der Waals surface area contributed by atoms with Gasteiger partial charge in [0.2, 0.25) is 0 Å². The van der Waals surface area contributed by atoms with Crippen LogP contribution in [0.1, 0.15) is 19.8 Å². The minimum Gasteiger partial charge on any atom is -0.307 e. The third-order valence-corrected chi connectivity index (χ3v) is 2.07. The molecule has 0 aromatic heterocycles. The van der Waals surface area contributed by atoms with E-state index < -0.39 is 0 Å². The maximum absolute atomic E-state index is 10.3. The zero-order chi connectivity index (χ0) is 6.69. The molecule has 1 N–H and O–H groups in total. The first-order valence-corrected chi connectivity index (χ1v) is 3.57. The molecule has 0 amide bonds. The number of rotatable bonds is 2. The zero-order valence-corrected chi connectivity index (χ0v) is 5.76. The van der Waals surface area contributed by atoms with Gasteiger partial charge in [0.15, 0.2) is 0 Å². The van der Waals surface area contributed by atoms with Crippen molar-refractivity contribution in [1.29, 1.82) is 0 Å². The lowest BCUT2D eigenvalue weighted by Crippen LogP contribution is -2.27. The minimum absolute atomic E-state index is 0.148. The highest BCUT2D eigenvalue weighted by Crippen LogP contribution is 2.16. The van der Waals surface area contributed by atoms with E-state index in [1.807, 2.05) is 0 Å². The number of carbonyl (C=O) groups excluding carboxylic acids is 1. The molecule has 2 atom stereocenters. The summed E-state index contributed by atoms with van der Waals surface area (Å²) in [7, 11) is 0. The van der Waals surface area contributed by atoms with E-state index >= 15 is 0 Å². The molecule has 1 saturated heterocycles. The average molecular weight is 127 g/mol. The molecule has 1 unspecified atom stereocenters. The van der Waals surface area contributed by atoms with Gasteiger partial charge in [-0.2, -0.15) is 0 Å². The standard InChI is InChI=1S/C7H13NO/c1-2-6-3-4-8-7(6)5-9/h5-8H,2-4H2,1H3/t6?,7-/m0/s1. The molecule has 1 rings (SSSR count). The topological polar surface area (TPSA) is 29.1 Å². The summed E-state index contributed by atoms with van der Waals surface area (Å²) in [6, 6.07) is 0.148. The van der Waals surface area contributed by atoms with Crippen molar-refractivity contribution < 1.29 is 4.79 Å². The summed E-state index contributed by atoms with van der Waals surface area (Å²) in [4.78, 5) is 10.3. The third-order valence-electron chi connectivity index (χ3n) is 2.07. The Morgan fingerprint density at radius 2 is 2.56 bits per heavy atom. The van der Waals surface area contributed by atoms with Crippen LogP contribution in [0, 0.1) is 5.92 Å². The Hall–Kier alpha value is -0.370. The number of hydrogen-bond donors (Lipinski definition) is 1. The lowest BCUT2D eigenvalue weighted by atomic mass is 9.99. The molecule has 1 aliphatic heterocycles. The highest BCUT2D eigenvalue weighted by molar-refractivity contribution is 5.58. The maximum Gasteiger partial charge on any atom is 0.137 e. The molecular formula is C7H13NO. The Balaban J connectivity index is 2.41. The van der Waals surface area contributed by atoms with Gasteiger partial charge >= 0.3 is 0 Å². The van der Waals surface area contributed by atoms with Gasteiger partial charge in [-0.25, -0.2) is 0 Å².